The third kappa shape index (κ3) is 5.68. The zero-order chi connectivity index (χ0) is 26.7. The summed E-state index contributed by atoms with van der Waals surface area (Å²) in [5.74, 6) is -3.73. The van der Waals surface area contributed by atoms with E-state index in [1.165, 1.54) is 11.8 Å². The number of aliphatic carboxylic acids is 2. The van der Waals surface area contributed by atoms with Crippen LogP contribution in [0.2, 0.25) is 0 Å². The summed E-state index contributed by atoms with van der Waals surface area (Å²) in [6.45, 7) is -0.625. The molecule has 0 aliphatic heterocycles. The van der Waals surface area contributed by atoms with Gasteiger partial charge in [-0.1, -0.05) is 48.5 Å². The van der Waals surface area contributed by atoms with Gasteiger partial charge in [-0.15, -0.1) is 11.8 Å². The van der Waals surface area contributed by atoms with E-state index in [0.717, 1.165) is 32.7 Å². The number of rotatable bonds is 11. The predicted molar refractivity (Wildman–Crippen MR) is 139 cm³/mol. The van der Waals surface area contributed by atoms with Crippen molar-refractivity contribution in [1.29, 1.82) is 0 Å². The zero-order valence-electron chi connectivity index (χ0n) is 19.7. The molecule has 4 atom stereocenters. The van der Waals surface area contributed by atoms with Crippen LogP contribution >= 0.6 is 11.8 Å². The quantitative estimate of drug-likeness (QED) is 0.203. The minimum absolute atomic E-state index is 0.0401. The first-order valence-electron chi connectivity index (χ1n) is 11.7. The Hall–Kier alpha value is -3.67. The highest BCUT2D eigenvalue weighted by Gasteiger charge is 2.33. The number of nitrogens with two attached hydrogens (primary N) is 1. The van der Waals surface area contributed by atoms with Gasteiger partial charge in [0, 0.05) is 12.2 Å². The van der Waals surface area contributed by atoms with Gasteiger partial charge >= 0.3 is 11.9 Å². The number of thioether (sulfide) groups is 1. The molecule has 2 amide bonds. The molecule has 37 heavy (non-hydrogen) atoms. The molecule has 11 heteroatoms. The number of aliphatic hydroxyl groups is 1. The lowest BCUT2D eigenvalue weighted by molar-refractivity contribution is -0.139. The van der Waals surface area contributed by atoms with Gasteiger partial charge in [-0.25, -0.2) is 0 Å². The van der Waals surface area contributed by atoms with Crippen LogP contribution in [0.3, 0.4) is 0 Å². The second kappa shape index (κ2) is 11.2. The highest BCUT2D eigenvalue weighted by molar-refractivity contribution is 7.99. The molecule has 4 rings (SSSR count). The number of amides is 2. The van der Waals surface area contributed by atoms with E-state index in [2.05, 4.69) is 10.6 Å². The molecule has 0 bridgehead atoms. The average Bonchev–Trinajstić information content (AvgIpc) is 2.88. The summed E-state index contributed by atoms with van der Waals surface area (Å²) in [7, 11) is 0. The van der Waals surface area contributed by atoms with Crippen LogP contribution in [-0.4, -0.2) is 63.5 Å². The molecule has 7 N–H and O–H groups in total. The molecular formula is C26H27N3O7S. The van der Waals surface area contributed by atoms with Crippen molar-refractivity contribution in [2.45, 2.75) is 36.3 Å². The van der Waals surface area contributed by atoms with Gasteiger partial charge in [-0.05, 0) is 39.1 Å². The van der Waals surface area contributed by atoms with Gasteiger partial charge < -0.3 is 31.7 Å². The maximum Gasteiger partial charge on any atom is 0.322 e. The van der Waals surface area contributed by atoms with E-state index in [-0.39, 0.29) is 18.6 Å². The minimum atomic E-state index is -1.24. The molecule has 0 aromatic heterocycles. The van der Waals surface area contributed by atoms with Gasteiger partial charge in [-0.2, -0.15) is 0 Å². The number of aliphatic hydroxyl groups excluding tert-OH is 1. The number of carbonyl (C=O) groups excluding carboxylic acids is 2. The SMILES string of the molecule is NC(CCC(=O)NC(CSC1c2cccc3ccc4cccc(c4c23)C1O)C(=O)NCC(=O)O)C(=O)O. The Labute approximate surface area is 216 Å². The summed E-state index contributed by atoms with van der Waals surface area (Å²) in [6, 6.07) is 13.3. The Kier molecular flexibility index (Phi) is 7.96. The van der Waals surface area contributed by atoms with E-state index in [1.807, 2.05) is 48.5 Å². The molecule has 3 aromatic carbocycles. The third-order valence-corrected chi connectivity index (χ3v) is 7.77. The molecule has 0 spiro atoms. The van der Waals surface area contributed by atoms with Gasteiger partial charge in [0.15, 0.2) is 0 Å². The molecule has 3 aromatic rings. The smallest absolute Gasteiger partial charge is 0.322 e. The second-order valence-electron chi connectivity index (χ2n) is 8.87. The highest BCUT2D eigenvalue weighted by Crippen LogP contribution is 2.50. The molecule has 10 nitrogen and oxygen atoms in total. The van der Waals surface area contributed by atoms with Gasteiger partial charge in [0.1, 0.15) is 18.6 Å². The van der Waals surface area contributed by atoms with Crippen molar-refractivity contribution in [2.75, 3.05) is 12.3 Å². The van der Waals surface area contributed by atoms with E-state index < -0.39 is 53.7 Å². The van der Waals surface area contributed by atoms with Crippen molar-refractivity contribution in [3.05, 3.63) is 59.7 Å². The van der Waals surface area contributed by atoms with Gasteiger partial charge in [0.25, 0.3) is 0 Å². The Morgan fingerprint density at radius 2 is 1.57 bits per heavy atom. The zero-order valence-corrected chi connectivity index (χ0v) is 20.5. The van der Waals surface area contributed by atoms with Gasteiger partial charge in [0.2, 0.25) is 11.8 Å². The Bertz CT molecular complexity index is 1380. The Morgan fingerprint density at radius 3 is 2.19 bits per heavy atom. The lowest BCUT2D eigenvalue weighted by atomic mass is 9.84. The molecule has 0 saturated heterocycles. The topological polar surface area (TPSA) is 179 Å². The molecule has 1 aliphatic carbocycles. The number of hydrogen-bond acceptors (Lipinski definition) is 7. The summed E-state index contributed by atoms with van der Waals surface area (Å²) in [4.78, 5) is 47.1. The monoisotopic (exact) mass is 525 g/mol. The number of carbonyl (C=O) groups is 4. The number of nitrogens with one attached hydrogen (secondary N) is 2. The van der Waals surface area contributed by atoms with Crippen LogP contribution in [0, 0.1) is 0 Å². The van der Waals surface area contributed by atoms with Crippen molar-refractivity contribution < 1.29 is 34.5 Å². The van der Waals surface area contributed by atoms with Crippen molar-refractivity contribution >= 4 is 57.1 Å². The average molecular weight is 526 g/mol. The summed E-state index contributed by atoms with van der Waals surface area (Å²) in [5.41, 5.74) is 7.14. The second-order valence-corrected chi connectivity index (χ2v) is 10.0. The normalized spacial score (nSPS) is 17.9. The molecule has 1 aliphatic rings. The molecule has 0 fully saturated rings. The Morgan fingerprint density at radius 1 is 0.946 bits per heavy atom. The van der Waals surface area contributed by atoms with Crippen LogP contribution < -0.4 is 16.4 Å². The van der Waals surface area contributed by atoms with Crippen molar-refractivity contribution in [2.24, 2.45) is 5.73 Å². The van der Waals surface area contributed by atoms with E-state index in [1.54, 1.807) is 0 Å². The third-order valence-electron chi connectivity index (χ3n) is 6.37. The maximum absolute atomic E-state index is 12.7. The number of benzene rings is 3. The van der Waals surface area contributed by atoms with Crippen LogP contribution in [0.4, 0.5) is 0 Å². The molecule has 0 radical (unpaired) electrons. The first-order chi connectivity index (χ1) is 17.7. The highest BCUT2D eigenvalue weighted by atomic mass is 32.2. The van der Waals surface area contributed by atoms with Crippen LogP contribution in [0.5, 0.6) is 0 Å². The fraction of sp³-hybridized carbons (Fsp3) is 0.308. The van der Waals surface area contributed by atoms with Crippen molar-refractivity contribution in [3.8, 4) is 0 Å². The first-order valence-corrected chi connectivity index (χ1v) is 12.7. The molecule has 194 valence electrons. The van der Waals surface area contributed by atoms with E-state index in [0.29, 0.717) is 0 Å². The summed E-state index contributed by atoms with van der Waals surface area (Å²) >= 11 is 1.28. The lowest BCUT2D eigenvalue weighted by Crippen LogP contribution is -2.49. The molecule has 0 heterocycles. The van der Waals surface area contributed by atoms with E-state index >= 15 is 0 Å². The number of hydrogen-bond donors (Lipinski definition) is 6. The van der Waals surface area contributed by atoms with Crippen LogP contribution in [0.1, 0.15) is 35.3 Å². The Balaban J connectivity index is 1.56. The fourth-order valence-corrected chi connectivity index (χ4v) is 5.89. The number of carboxylic acid groups (broad SMARTS) is 2. The minimum Gasteiger partial charge on any atom is -0.480 e. The van der Waals surface area contributed by atoms with E-state index in [4.69, 9.17) is 15.9 Å². The van der Waals surface area contributed by atoms with Gasteiger partial charge in [0.05, 0.1) is 11.4 Å². The molecule has 0 saturated carbocycles. The summed E-state index contributed by atoms with van der Waals surface area (Å²) in [5, 5.41) is 37.6. The van der Waals surface area contributed by atoms with Crippen LogP contribution in [0.15, 0.2) is 48.5 Å². The van der Waals surface area contributed by atoms with Crippen LogP contribution in [0.25, 0.3) is 21.5 Å². The molecule has 4 unspecified atom stereocenters. The molecular weight excluding hydrogens is 498 g/mol. The van der Waals surface area contributed by atoms with Crippen LogP contribution in [-0.2, 0) is 19.2 Å². The number of carboxylic acids is 2. The van der Waals surface area contributed by atoms with Crippen molar-refractivity contribution in [3.63, 3.8) is 0 Å². The standard InChI is InChI=1S/C26H27N3O7S/c27-17(26(35)36)9-10-19(30)29-18(25(34)28-11-20(31)32)12-37-24-16-6-2-4-14-8-7-13-3-1-5-15(23(24)33)21(13)22(14)16/h1-8,17-18,23-24,33H,9-12,27H2,(H,28,34)(H,29,30)(H,31,32)(H,35,36). The lowest BCUT2D eigenvalue weighted by Gasteiger charge is -2.31. The first kappa shape index (κ1) is 26.4. The summed E-state index contributed by atoms with van der Waals surface area (Å²) < 4.78 is 0. The summed E-state index contributed by atoms with van der Waals surface area (Å²) in [6.07, 6.45) is -1.22. The van der Waals surface area contributed by atoms with Gasteiger partial charge in [-0.3, -0.25) is 19.2 Å². The fourth-order valence-electron chi connectivity index (χ4n) is 4.56. The largest absolute Gasteiger partial charge is 0.480 e. The maximum atomic E-state index is 12.7. The van der Waals surface area contributed by atoms with E-state index in [9.17, 15) is 24.3 Å². The predicted octanol–water partition coefficient (Wildman–Crippen LogP) is 1.69. The van der Waals surface area contributed by atoms with Crippen molar-refractivity contribution in [1.82, 2.24) is 10.6 Å².